The van der Waals surface area contributed by atoms with E-state index in [1.54, 1.807) is 6.20 Å². The number of hydrogen-bond donors (Lipinski definition) is 1. The van der Waals surface area contributed by atoms with Gasteiger partial charge in [-0.05, 0) is 44.4 Å². The molecule has 1 aliphatic rings. The molecule has 0 aliphatic carbocycles. The highest BCUT2D eigenvalue weighted by Crippen LogP contribution is 2.23. The smallest absolute Gasteiger partial charge is 0.253 e. The van der Waals surface area contributed by atoms with Crippen LogP contribution in [0.2, 0.25) is 0 Å². The molecular formula is C20H26N4O2. The molecule has 0 bridgehead atoms. The lowest BCUT2D eigenvalue weighted by atomic mass is 9.95. The number of nitrogens with one attached hydrogen (secondary N) is 1. The Kier molecular flexibility index (Phi) is 5.71. The predicted octanol–water partition coefficient (Wildman–Crippen LogP) is 2.80. The van der Waals surface area contributed by atoms with Crippen LogP contribution >= 0.6 is 0 Å². The van der Waals surface area contributed by atoms with Crippen molar-refractivity contribution in [1.29, 1.82) is 0 Å². The van der Waals surface area contributed by atoms with E-state index in [0.29, 0.717) is 31.7 Å². The summed E-state index contributed by atoms with van der Waals surface area (Å²) < 4.78 is 0. The van der Waals surface area contributed by atoms with Gasteiger partial charge in [0.25, 0.3) is 5.91 Å². The number of nitrogens with zero attached hydrogens (tertiary/aromatic N) is 3. The van der Waals surface area contributed by atoms with Gasteiger partial charge >= 0.3 is 0 Å². The average Bonchev–Trinajstić information content (AvgIpc) is 3.23. The van der Waals surface area contributed by atoms with Gasteiger partial charge in [0.2, 0.25) is 5.91 Å². The zero-order valence-corrected chi connectivity index (χ0v) is 15.4. The van der Waals surface area contributed by atoms with Crippen LogP contribution in [0.4, 0.5) is 0 Å². The number of aromatic amines is 1. The lowest BCUT2D eigenvalue weighted by Crippen LogP contribution is -2.46. The Hall–Kier alpha value is -2.63. The first-order valence-electron chi connectivity index (χ1n) is 9.31. The number of amides is 2. The number of benzene rings is 1. The number of likely N-dealkylation sites (tertiary alicyclic amines) is 1. The minimum Gasteiger partial charge on any atom is -0.343 e. The number of rotatable bonds is 5. The van der Waals surface area contributed by atoms with Crippen molar-refractivity contribution in [3.8, 4) is 11.1 Å². The van der Waals surface area contributed by atoms with Crippen LogP contribution in [-0.2, 0) is 4.79 Å². The summed E-state index contributed by atoms with van der Waals surface area (Å²) in [6.45, 7) is 6.63. The molecular weight excluding hydrogens is 328 g/mol. The van der Waals surface area contributed by atoms with Crippen LogP contribution in [0.1, 0.15) is 37.0 Å². The average molecular weight is 354 g/mol. The first-order valence-corrected chi connectivity index (χ1v) is 9.31. The minimum atomic E-state index is -0.0929. The Morgan fingerprint density at radius 1 is 1.27 bits per heavy atom. The van der Waals surface area contributed by atoms with Gasteiger partial charge in [-0.3, -0.25) is 14.7 Å². The van der Waals surface area contributed by atoms with Gasteiger partial charge in [0.15, 0.2) is 0 Å². The van der Waals surface area contributed by atoms with E-state index in [1.165, 1.54) is 0 Å². The van der Waals surface area contributed by atoms with Gasteiger partial charge in [0.1, 0.15) is 0 Å². The molecule has 3 rings (SSSR count). The molecule has 1 aliphatic heterocycles. The molecule has 26 heavy (non-hydrogen) atoms. The maximum absolute atomic E-state index is 13.0. The van der Waals surface area contributed by atoms with Crippen LogP contribution in [0.15, 0.2) is 36.7 Å². The van der Waals surface area contributed by atoms with Gasteiger partial charge in [-0.1, -0.05) is 12.1 Å². The summed E-state index contributed by atoms with van der Waals surface area (Å²) >= 11 is 0. The number of H-pyrrole nitrogens is 1. The molecule has 2 heterocycles. The molecule has 0 saturated carbocycles. The third-order valence-corrected chi connectivity index (χ3v) is 5.07. The number of carbonyl (C=O) groups is 2. The Bertz CT molecular complexity index is 753. The second-order valence-corrected chi connectivity index (χ2v) is 6.67. The Labute approximate surface area is 154 Å². The van der Waals surface area contributed by atoms with E-state index in [1.807, 2.05) is 54.1 Å². The van der Waals surface area contributed by atoms with Gasteiger partial charge < -0.3 is 9.80 Å². The number of piperidine rings is 1. The molecule has 6 nitrogen and oxygen atoms in total. The number of aromatic nitrogens is 2. The molecule has 1 aromatic carbocycles. The summed E-state index contributed by atoms with van der Waals surface area (Å²) in [5, 5.41) is 6.76. The fraction of sp³-hybridized carbons (Fsp3) is 0.450. The van der Waals surface area contributed by atoms with E-state index in [4.69, 9.17) is 0 Å². The Morgan fingerprint density at radius 3 is 2.77 bits per heavy atom. The molecule has 1 unspecified atom stereocenters. The molecule has 0 spiro atoms. The molecule has 2 aromatic rings. The SMILES string of the molecule is CCN(CC)C(=O)C1CCCN(C(=O)c2cccc(-c3cn[nH]c3)c2)C1. The molecule has 2 amide bonds. The van der Waals surface area contributed by atoms with Crippen LogP contribution in [0.25, 0.3) is 11.1 Å². The van der Waals surface area contributed by atoms with E-state index in [9.17, 15) is 9.59 Å². The number of hydrogen-bond acceptors (Lipinski definition) is 3. The molecule has 138 valence electrons. The molecule has 1 fully saturated rings. The highest BCUT2D eigenvalue weighted by molar-refractivity contribution is 5.96. The fourth-order valence-electron chi connectivity index (χ4n) is 3.58. The summed E-state index contributed by atoms with van der Waals surface area (Å²) in [6, 6.07) is 7.58. The van der Waals surface area contributed by atoms with Crippen LogP contribution in [0, 0.1) is 5.92 Å². The minimum absolute atomic E-state index is 0.00704. The lowest BCUT2D eigenvalue weighted by molar-refractivity contribution is -0.136. The van der Waals surface area contributed by atoms with Crippen molar-refractivity contribution >= 4 is 11.8 Å². The van der Waals surface area contributed by atoms with Crippen LogP contribution in [0.5, 0.6) is 0 Å². The second kappa shape index (κ2) is 8.17. The summed E-state index contributed by atoms with van der Waals surface area (Å²) in [7, 11) is 0. The highest BCUT2D eigenvalue weighted by Gasteiger charge is 2.30. The third-order valence-electron chi connectivity index (χ3n) is 5.07. The number of carbonyl (C=O) groups excluding carboxylic acids is 2. The molecule has 1 N–H and O–H groups in total. The molecule has 1 aromatic heterocycles. The van der Waals surface area contributed by atoms with Crippen LogP contribution in [-0.4, -0.2) is 58.0 Å². The largest absolute Gasteiger partial charge is 0.343 e. The standard InChI is InChI=1S/C20H26N4O2/c1-3-23(4-2)20(26)17-9-6-10-24(14-17)19(25)16-8-5-7-15(11-16)18-12-21-22-13-18/h5,7-8,11-13,17H,3-4,6,9-10,14H2,1-2H3,(H,21,22). The Morgan fingerprint density at radius 2 is 2.08 bits per heavy atom. The zero-order valence-electron chi connectivity index (χ0n) is 15.4. The van der Waals surface area contributed by atoms with E-state index < -0.39 is 0 Å². The van der Waals surface area contributed by atoms with Crippen molar-refractivity contribution in [3.63, 3.8) is 0 Å². The normalized spacial score (nSPS) is 17.2. The maximum atomic E-state index is 13.0. The van der Waals surface area contributed by atoms with Gasteiger partial charge in [-0.2, -0.15) is 5.10 Å². The van der Waals surface area contributed by atoms with E-state index >= 15 is 0 Å². The molecule has 6 heteroatoms. The summed E-state index contributed by atoms with van der Waals surface area (Å²) in [6.07, 6.45) is 5.27. The van der Waals surface area contributed by atoms with E-state index in [0.717, 1.165) is 24.0 Å². The summed E-state index contributed by atoms with van der Waals surface area (Å²) in [5.41, 5.74) is 2.56. The summed E-state index contributed by atoms with van der Waals surface area (Å²) in [5.74, 6) is 0.0664. The van der Waals surface area contributed by atoms with Crippen molar-refractivity contribution in [1.82, 2.24) is 20.0 Å². The summed E-state index contributed by atoms with van der Waals surface area (Å²) in [4.78, 5) is 29.3. The van der Waals surface area contributed by atoms with Gasteiger partial charge in [-0.25, -0.2) is 0 Å². The highest BCUT2D eigenvalue weighted by atomic mass is 16.2. The van der Waals surface area contributed by atoms with Gasteiger partial charge in [-0.15, -0.1) is 0 Å². The third kappa shape index (κ3) is 3.79. The first-order chi connectivity index (χ1) is 12.6. The first kappa shape index (κ1) is 18.2. The van der Waals surface area contributed by atoms with Crippen LogP contribution < -0.4 is 0 Å². The van der Waals surface area contributed by atoms with Crippen molar-refractivity contribution in [2.75, 3.05) is 26.2 Å². The maximum Gasteiger partial charge on any atom is 0.253 e. The van der Waals surface area contributed by atoms with Crippen LogP contribution in [0.3, 0.4) is 0 Å². The molecule has 1 atom stereocenters. The molecule has 1 saturated heterocycles. The predicted molar refractivity (Wildman–Crippen MR) is 101 cm³/mol. The zero-order chi connectivity index (χ0) is 18.5. The molecule has 0 radical (unpaired) electrons. The van der Waals surface area contributed by atoms with Crippen molar-refractivity contribution < 1.29 is 9.59 Å². The van der Waals surface area contributed by atoms with Crippen molar-refractivity contribution in [3.05, 3.63) is 42.2 Å². The van der Waals surface area contributed by atoms with Crippen molar-refractivity contribution in [2.24, 2.45) is 5.92 Å². The van der Waals surface area contributed by atoms with E-state index in [2.05, 4.69) is 10.2 Å². The second-order valence-electron chi connectivity index (χ2n) is 6.67. The monoisotopic (exact) mass is 354 g/mol. The lowest BCUT2D eigenvalue weighted by Gasteiger charge is -2.34. The quantitative estimate of drug-likeness (QED) is 0.898. The van der Waals surface area contributed by atoms with Gasteiger partial charge in [0, 0.05) is 43.5 Å². The topological polar surface area (TPSA) is 69.3 Å². The Balaban J connectivity index is 1.73. The van der Waals surface area contributed by atoms with E-state index in [-0.39, 0.29) is 17.7 Å². The van der Waals surface area contributed by atoms with Gasteiger partial charge in [0.05, 0.1) is 12.1 Å². The fourth-order valence-corrected chi connectivity index (χ4v) is 3.58. The van der Waals surface area contributed by atoms with Crippen molar-refractivity contribution in [2.45, 2.75) is 26.7 Å².